The summed E-state index contributed by atoms with van der Waals surface area (Å²) in [6.07, 6.45) is 1.56. The fourth-order valence-electron chi connectivity index (χ4n) is 2.45. The Morgan fingerprint density at radius 3 is 2.86 bits per heavy atom. The summed E-state index contributed by atoms with van der Waals surface area (Å²) in [6, 6.07) is 7.56. The first kappa shape index (κ1) is 15.5. The molecule has 0 aromatic heterocycles. The predicted molar refractivity (Wildman–Crippen MR) is 81.1 cm³/mol. The standard InChI is InChI=1S/C16H22N2O3/c1-3-13-6-4-5-7-14(13)17-15(19)16(20)18-9-11-21-10-8-12(18)2/h4-7,12H,3,8-11H2,1-2H3,(H,17,19). The van der Waals surface area contributed by atoms with Crippen LogP contribution in [0.25, 0.3) is 0 Å². The van der Waals surface area contributed by atoms with Gasteiger partial charge in [-0.3, -0.25) is 9.59 Å². The van der Waals surface area contributed by atoms with Gasteiger partial charge in [0.1, 0.15) is 0 Å². The second-order valence-corrected chi connectivity index (χ2v) is 5.21. The molecule has 1 saturated heterocycles. The van der Waals surface area contributed by atoms with Gasteiger partial charge in [-0.05, 0) is 31.4 Å². The Morgan fingerprint density at radius 2 is 2.10 bits per heavy atom. The minimum atomic E-state index is -0.579. The van der Waals surface area contributed by atoms with Crippen molar-refractivity contribution in [3.8, 4) is 0 Å². The minimum absolute atomic E-state index is 0.0205. The van der Waals surface area contributed by atoms with Crippen molar-refractivity contribution in [3.63, 3.8) is 0 Å². The fourth-order valence-corrected chi connectivity index (χ4v) is 2.45. The van der Waals surface area contributed by atoms with Crippen molar-refractivity contribution >= 4 is 17.5 Å². The third-order valence-electron chi connectivity index (χ3n) is 3.79. The lowest BCUT2D eigenvalue weighted by atomic mass is 10.1. The normalized spacial score (nSPS) is 19.0. The summed E-state index contributed by atoms with van der Waals surface area (Å²) < 4.78 is 5.35. The number of hydrogen-bond acceptors (Lipinski definition) is 3. The van der Waals surface area contributed by atoms with Crippen LogP contribution in [0.3, 0.4) is 0 Å². The number of para-hydroxylation sites is 1. The molecule has 1 fully saturated rings. The van der Waals surface area contributed by atoms with E-state index in [2.05, 4.69) is 5.32 Å². The summed E-state index contributed by atoms with van der Waals surface area (Å²) in [5.41, 5.74) is 1.72. The van der Waals surface area contributed by atoms with E-state index in [-0.39, 0.29) is 6.04 Å². The van der Waals surface area contributed by atoms with Crippen molar-refractivity contribution in [1.82, 2.24) is 4.90 Å². The van der Waals surface area contributed by atoms with Crippen molar-refractivity contribution in [2.24, 2.45) is 0 Å². The molecular formula is C16H22N2O3. The van der Waals surface area contributed by atoms with Gasteiger partial charge in [0.05, 0.1) is 6.61 Å². The van der Waals surface area contributed by atoms with E-state index in [1.807, 2.05) is 38.1 Å². The number of nitrogens with zero attached hydrogens (tertiary/aromatic N) is 1. The molecule has 1 heterocycles. The summed E-state index contributed by atoms with van der Waals surface area (Å²) >= 11 is 0. The van der Waals surface area contributed by atoms with Crippen molar-refractivity contribution in [2.75, 3.05) is 25.1 Å². The van der Waals surface area contributed by atoms with E-state index in [0.29, 0.717) is 25.4 Å². The summed E-state index contributed by atoms with van der Waals surface area (Å²) in [4.78, 5) is 26.1. The Morgan fingerprint density at radius 1 is 1.33 bits per heavy atom. The van der Waals surface area contributed by atoms with Crippen molar-refractivity contribution in [2.45, 2.75) is 32.7 Å². The number of rotatable bonds is 2. The summed E-state index contributed by atoms with van der Waals surface area (Å²) in [7, 11) is 0. The lowest BCUT2D eigenvalue weighted by Crippen LogP contribution is -2.45. The maximum Gasteiger partial charge on any atom is 0.313 e. The number of benzene rings is 1. The van der Waals surface area contributed by atoms with Crippen molar-refractivity contribution in [3.05, 3.63) is 29.8 Å². The molecule has 114 valence electrons. The molecule has 2 amide bonds. The van der Waals surface area contributed by atoms with Crippen LogP contribution < -0.4 is 5.32 Å². The molecule has 0 saturated carbocycles. The maximum atomic E-state index is 12.3. The maximum absolute atomic E-state index is 12.3. The van der Waals surface area contributed by atoms with Gasteiger partial charge in [0.25, 0.3) is 0 Å². The molecule has 1 aromatic rings. The SMILES string of the molecule is CCc1ccccc1NC(=O)C(=O)N1CCOCCC1C. The van der Waals surface area contributed by atoms with Gasteiger partial charge in [-0.15, -0.1) is 0 Å². The van der Waals surface area contributed by atoms with Gasteiger partial charge in [0.2, 0.25) is 0 Å². The van der Waals surface area contributed by atoms with Gasteiger partial charge in [-0.25, -0.2) is 0 Å². The quantitative estimate of drug-likeness (QED) is 0.845. The number of hydrogen-bond donors (Lipinski definition) is 1. The van der Waals surface area contributed by atoms with Gasteiger partial charge in [0, 0.05) is 24.9 Å². The molecular weight excluding hydrogens is 268 g/mol. The predicted octanol–water partition coefficient (Wildman–Crippen LogP) is 1.82. The molecule has 0 bridgehead atoms. The molecule has 1 atom stereocenters. The zero-order chi connectivity index (χ0) is 15.2. The highest BCUT2D eigenvalue weighted by molar-refractivity contribution is 6.39. The van der Waals surface area contributed by atoms with E-state index in [1.54, 1.807) is 4.90 Å². The summed E-state index contributed by atoms with van der Waals surface area (Å²) in [6.45, 7) is 5.53. The van der Waals surface area contributed by atoms with Crippen LogP contribution in [0, 0.1) is 0 Å². The van der Waals surface area contributed by atoms with Crippen LogP contribution >= 0.6 is 0 Å². The van der Waals surface area contributed by atoms with E-state index in [0.717, 1.165) is 18.4 Å². The van der Waals surface area contributed by atoms with Crippen molar-refractivity contribution < 1.29 is 14.3 Å². The molecule has 2 rings (SSSR count). The number of carbonyl (C=O) groups is 2. The molecule has 21 heavy (non-hydrogen) atoms. The highest BCUT2D eigenvalue weighted by Crippen LogP contribution is 2.16. The van der Waals surface area contributed by atoms with E-state index in [1.165, 1.54) is 0 Å². The molecule has 0 radical (unpaired) electrons. The number of nitrogens with one attached hydrogen (secondary N) is 1. The molecule has 5 heteroatoms. The molecule has 1 N–H and O–H groups in total. The largest absolute Gasteiger partial charge is 0.380 e. The molecule has 0 spiro atoms. The van der Waals surface area contributed by atoms with Gasteiger partial charge >= 0.3 is 11.8 Å². The number of amides is 2. The Balaban J connectivity index is 2.06. The Kier molecular flexibility index (Phi) is 5.33. The lowest BCUT2D eigenvalue weighted by Gasteiger charge is -2.25. The zero-order valence-electron chi connectivity index (χ0n) is 12.6. The van der Waals surface area contributed by atoms with Crippen LogP contribution in [0.1, 0.15) is 25.8 Å². The van der Waals surface area contributed by atoms with Gasteiger partial charge in [-0.1, -0.05) is 25.1 Å². The number of ether oxygens (including phenoxy) is 1. The average molecular weight is 290 g/mol. The van der Waals surface area contributed by atoms with Crippen LogP contribution in [0.5, 0.6) is 0 Å². The van der Waals surface area contributed by atoms with Crippen molar-refractivity contribution in [1.29, 1.82) is 0 Å². The highest BCUT2D eigenvalue weighted by atomic mass is 16.5. The zero-order valence-corrected chi connectivity index (χ0v) is 12.6. The topological polar surface area (TPSA) is 58.6 Å². The first-order valence-electron chi connectivity index (χ1n) is 7.41. The molecule has 0 aliphatic carbocycles. The van der Waals surface area contributed by atoms with Crippen LogP contribution in [0.2, 0.25) is 0 Å². The van der Waals surface area contributed by atoms with Gasteiger partial charge in [-0.2, -0.15) is 0 Å². The van der Waals surface area contributed by atoms with E-state index in [4.69, 9.17) is 4.74 Å². The Labute approximate surface area is 125 Å². The van der Waals surface area contributed by atoms with Crippen LogP contribution in [-0.2, 0) is 20.7 Å². The van der Waals surface area contributed by atoms with Gasteiger partial charge in [0.15, 0.2) is 0 Å². The smallest absolute Gasteiger partial charge is 0.313 e. The molecule has 1 aliphatic rings. The third-order valence-corrected chi connectivity index (χ3v) is 3.79. The third kappa shape index (κ3) is 3.82. The first-order chi connectivity index (χ1) is 10.1. The first-order valence-corrected chi connectivity index (χ1v) is 7.41. The Hall–Kier alpha value is -1.88. The summed E-state index contributed by atoms with van der Waals surface area (Å²) in [5.74, 6) is -1.07. The van der Waals surface area contributed by atoms with E-state index >= 15 is 0 Å². The van der Waals surface area contributed by atoms with Crippen LogP contribution in [0.4, 0.5) is 5.69 Å². The lowest BCUT2D eigenvalue weighted by molar-refractivity contribution is -0.144. The van der Waals surface area contributed by atoms with Crippen LogP contribution in [0.15, 0.2) is 24.3 Å². The molecule has 1 aromatic carbocycles. The second-order valence-electron chi connectivity index (χ2n) is 5.21. The monoisotopic (exact) mass is 290 g/mol. The van der Waals surface area contributed by atoms with E-state index < -0.39 is 11.8 Å². The Bertz CT molecular complexity index is 516. The number of carbonyl (C=O) groups excluding carboxylic acids is 2. The minimum Gasteiger partial charge on any atom is -0.380 e. The molecule has 1 unspecified atom stereocenters. The van der Waals surface area contributed by atoms with E-state index in [9.17, 15) is 9.59 Å². The highest BCUT2D eigenvalue weighted by Gasteiger charge is 2.27. The second kappa shape index (κ2) is 7.22. The van der Waals surface area contributed by atoms with Gasteiger partial charge < -0.3 is 15.0 Å². The number of aryl methyl sites for hydroxylation is 1. The van der Waals surface area contributed by atoms with Crippen LogP contribution in [-0.4, -0.2) is 42.5 Å². The fraction of sp³-hybridized carbons (Fsp3) is 0.500. The summed E-state index contributed by atoms with van der Waals surface area (Å²) in [5, 5.41) is 2.73. The molecule has 5 nitrogen and oxygen atoms in total. The molecule has 1 aliphatic heterocycles. The number of anilines is 1. The average Bonchev–Trinajstić information content (AvgIpc) is 2.71.